The zero-order valence-corrected chi connectivity index (χ0v) is 11.0. The fourth-order valence-corrected chi connectivity index (χ4v) is 2.66. The van der Waals surface area contributed by atoms with Gasteiger partial charge in [-0.25, -0.2) is 4.79 Å². The Hall–Kier alpha value is -1.98. The van der Waals surface area contributed by atoms with E-state index < -0.39 is 6.09 Å². The average Bonchev–Trinajstić information content (AvgIpc) is 2.38. The third kappa shape index (κ3) is 3.27. The number of nitrogens with zero attached hydrogens (tertiary/aromatic N) is 2. The third-order valence-electron chi connectivity index (χ3n) is 3.61. The number of hydrogen-bond donors (Lipinski definition) is 3. The number of amides is 1. The topological polar surface area (TPSA) is 91.5 Å². The van der Waals surface area contributed by atoms with Gasteiger partial charge in [0.05, 0.1) is 17.6 Å². The van der Waals surface area contributed by atoms with Gasteiger partial charge in [0, 0.05) is 25.3 Å². The summed E-state index contributed by atoms with van der Waals surface area (Å²) in [5.41, 5.74) is 7.51. The second-order valence-corrected chi connectivity index (χ2v) is 5.00. The van der Waals surface area contributed by atoms with Crippen LogP contribution >= 0.6 is 0 Å². The molecule has 2 heterocycles. The monoisotopic (exact) mass is 264 g/mol. The van der Waals surface area contributed by atoms with E-state index in [-0.39, 0.29) is 6.04 Å². The van der Waals surface area contributed by atoms with Gasteiger partial charge in [0.1, 0.15) is 0 Å². The van der Waals surface area contributed by atoms with Crippen molar-refractivity contribution in [2.24, 2.45) is 5.92 Å². The molecule has 104 valence electrons. The lowest BCUT2D eigenvalue weighted by Crippen LogP contribution is -2.50. The maximum Gasteiger partial charge on any atom is 0.404 e. The van der Waals surface area contributed by atoms with Crippen molar-refractivity contribution in [1.29, 1.82) is 0 Å². The summed E-state index contributed by atoms with van der Waals surface area (Å²) in [4.78, 5) is 16.9. The number of piperidine rings is 1. The molecule has 19 heavy (non-hydrogen) atoms. The summed E-state index contributed by atoms with van der Waals surface area (Å²) >= 11 is 0. The molecule has 1 saturated heterocycles. The molecule has 0 unspecified atom stereocenters. The molecule has 4 N–H and O–H groups in total. The van der Waals surface area contributed by atoms with Crippen LogP contribution in [0.2, 0.25) is 0 Å². The summed E-state index contributed by atoms with van der Waals surface area (Å²) in [6.07, 6.45) is 4.28. The molecule has 1 aliphatic rings. The van der Waals surface area contributed by atoms with Crippen molar-refractivity contribution < 1.29 is 9.90 Å². The van der Waals surface area contributed by atoms with Gasteiger partial charge in [-0.05, 0) is 18.4 Å². The Bertz CT molecular complexity index is 452. The number of carbonyl (C=O) groups is 1. The fraction of sp³-hybridized carbons (Fsp3) is 0.538. The fourth-order valence-electron chi connectivity index (χ4n) is 2.66. The SMILES string of the molecule is CC[C@@H]1C[C@H](NC(=O)O)CN(c2ccncc2N)C1. The van der Waals surface area contributed by atoms with Crippen LogP contribution in [-0.4, -0.2) is 35.3 Å². The van der Waals surface area contributed by atoms with Crippen molar-refractivity contribution in [2.45, 2.75) is 25.8 Å². The van der Waals surface area contributed by atoms with Gasteiger partial charge >= 0.3 is 6.09 Å². The maximum absolute atomic E-state index is 10.8. The van der Waals surface area contributed by atoms with E-state index in [2.05, 4.69) is 22.1 Å². The van der Waals surface area contributed by atoms with E-state index in [1.165, 1.54) is 0 Å². The Morgan fingerprint density at radius 2 is 2.42 bits per heavy atom. The van der Waals surface area contributed by atoms with Crippen molar-refractivity contribution in [3.63, 3.8) is 0 Å². The van der Waals surface area contributed by atoms with E-state index in [0.717, 1.165) is 25.1 Å². The van der Waals surface area contributed by atoms with E-state index in [4.69, 9.17) is 10.8 Å². The van der Waals surface area contributed by atoms with Crippen LogP contribution in [0, 0.1) is 5.92 Å². The van der Waals surface area contributed by atoms with Crippen molar-refractivity contribution in [2.75, 3.05) is 23.7 Å². The first-order chi connectivity index (χ1) is 9.10. The predicted molar refractivity (Wildman–Crippen MR) is 74.2 cm³/mol. The van der Waals surface area contributed by atoms with Gasteiger partial charge in [-0.3, -0.25) is 4.98 Å². The van der Waals surface area contributed by atoms with E-state index in [9.17, 15) is 4.79 Å². The second-order valence-electron chi connectivity index (χ2n) is 5.00. The number of rotatable bonds is 3. The Balaban J connectivity index is 2.15. The van der Waals surface area contributed by atoms with Crippen LogP contribution < -0.4 is 16.0 Å². The quantitative estimate of drug-likeness (QED) is 0.770. The van der Waals surface area contributed by atoms with Crippen LogP contribution in [0.4, 0.5) is 16.2 Å². The zero-order valence-electron chi connectivity index (χ0n) is 11.0. The van der Waals surface area contributed by atoms with Gasteiger partial charge in [0.25, 0.3) is 0 Å². The molecule has 6 nitrogen and oxygen atoms in total. The Labute approximate surface area is 112 Å². The largest absolute Gasteiger partial charge is 0.465 e. The van der Waals surface area contributed by atoms with Crippen molar-refractivity contribution in [3.05, 3.63) is 18.5 Å². The van der Waals surface area contributed by atoms with Crippen molar-refractivity contribution >= 4 is 17.5 Å². The molecule has 1 fully saturated rings. The molecule has 6 heteroatoms. The number of pyridine rings is 1. The lowest BCUT2D eigenvalue weighted by molar-refractivity contribution is 0.185. The highest BCUT2D eigenvalue weighted by molar-refractivity contribution is 5.67. The van der Waals surface area contributed by atoms with Gasteiger partial charge in [0.15, 0.2) is 0 Å². The lowest BCUT2D eigenvalue weighted by atomic mass is 9.91. The summed E-state index contributed by atoms with van der Waals surface area (Å²) in [5.74, 6) is 0.471. The molecule has 1 aliphatic heterocycles. The minimum atomic E-state index is -0.968. The van der Waals surface area contributed by atoms with Crippen LogP contribution in [0.1, 0.15) is 19.8 Å². The minimum absolute atomic E-state index is 0.0521. The Kier molecular flexibility index (Phi) is 4.09. The van der Waals surface area contributed by atoms with Crippen LogP contribution in [0.5, 0.6) is 0 Å². The molecule has 1 amide bonds. The van der Waals surface area contributed by atoms with Gasteiger partial charge < -0.3 is 21.1 Å². The highest BCUT2D eigenvalue weighted by Gasteiger charge is 2.28. The highest BCUT2D eigenvalue weighted by Crippen LogP contribution is 2.28. The van der Waals surface area contributed by atoms with Crippen molar-refractivity contribution in [1.82, 2.24) is 10.3 Å². The molecule has 0 spiro atoms. The molecule has 0 aliphatic carbocycles. The number of hydrogen-bond acceptors (Lipinski definition) is 4. The Morgan fingerprint density at radius 3 is 3.05 bits per heavy atom. The number of carboxylic acid groups (broad SMARTS) is 1. The lowest BCUT2D eigenvalue weighted by Gasteiger charge is -2.39. The van der Waals surface area contributed by atoms with E-state index in [1.54, 1.807) is 12.4 Å². The molecular weight excluding hydrogens is 244 g/mol. The first-order valence-corrected chi connectivity index (χ1v) is 6.54. The van der Waals surface area contributed by atoms with Gasteiger partial charge in [-0.15, -0.1) is 0 Å². The highest BCUT2D eigenvalue weighted by atomic mass is 16.4. The van der Waals surface area contributed by atoms with E-state index in [0.29, 0.717) is 18.2 Å². The molecule has 0 saturated carbocycles. The van der Waals surface area contributed by atoms with Crippen molar-refractivity contribution in [3.8, 4) is 0 Å². The van der Waals surface area contributed by atoms with Crippen LogP contribution in [-0.2, 0) is 0 Å². The molecule has 0 aromatic carbocycles. The molecule has 2 rings (SSSR count). The summed E-state index contributed by atoms with van der Waals surface area (Å²) in [5, 5.41) is 11.5. The summed E-state index contributed by atoms with van der Waals surface area (Å²) in [6.45, 7) is 3.68. The van der Waals surface area contributed by atoms with Crippen LogP contribution in [0.3, 0.4) is 0 Å². The van der Waals surface area contributed by atoms with Gasteiger partial charge in [-0.1, -0.05) is 13.3 Å². The Morgan fingerprint density at radius 1 is 1.63 bits per heavy atom. The van der Waals surface area contributed by atoms with Crippen LogP contribution in [0.25, 0.3) is 0 Å². The maximum atomic E-state index is 10.8. The predicted octanol–water partition coefficient (Wildman–Crippen LogP) is 1.54. The number of nitrogens with two attached hydrogens (primary N) is 1. The summed E-state index contributed by atoms with van der Waals surface area (Å²) < 4.78 is 0. The van der Waals surface area contributed by atoms with Gasteiger partial charge in [-0.2, -0.15) is 0 Å². The standard InChI is InChI=1S/C13H20N4O2/c1-2-9-5-10(16-13(18)19)8-17(7-9)12-3-4-15-6-11(12)14/h3-4,6,9-10,16H,2,5,7-8,14H2,1H3,(H,18,19)/t9-,10+/m1/s1. The van der Waals surface area contributed by atoms with E-state index >= 15 is 0 Å². The van der Waals surface area contributed by atoms with Gasteiger partial charge in [0.2, 0.25) is 0 Å². The summed E-state index contributed by atoms with van der Waals surface area (Å²) in [7, 11) is 0. The molecule has 1 aromatic heterocycles. The first-order valence-electron chi connectivity index (χ1n) is 6.54. The first kappa shape index (κ1) is 13.5. The molecule has 2 atom stereocenters. The zero-order chi connectivity index (χ0) is 13.8. The smallest absolute Gasteiger partial charge is 0.404 e. The van der Waals surface area contributed by atoms with Crippen LogP contribution in [0.15, 0.2) is 18.5 Å². The molecule has 0 bridgehead atoms. The number of nitrogen functional groups attached to an aromatic ring is 1. The van der Waals surface area contributed by atoms with E-state index in [1.807, 2.05) is 6.07 Å². The molecule has 0 radical (unpaired) electrons. The molecular formula is C13H20N4O2. The minimum Gasteiger partial charge on any atom is -0.465 e. The second kappa shape index (κ2) is 5.77. The normalized spacial score (nSPS) is 23.1. The third-order valence-corrected chi connectivity index (χ3v) is 3.61. The number of aromatic nitrogens is 1. The number of anilines is 2. The summed E-state index contributed by atoms with van der Waals surface area (Å²) in [6, 6.07) is 1.83. The molecule has 1 aromatic rings. The average molecular weight is 264 g/mol. The number of nitrogens with one attached hydrogen (secondary N) is 1.